The first kappa shape index (κ1) is 15.0. The van der Waals surface area contributed by atoms with Crippen LogP contribution in [0.1, 0.15) is 32.8 Å². The molecule has 0 radical (unpaired) electrons. The van der Waals surface area contributed by atoms with Gasteiger partial charge in [-0.1, -0.05) is 35.0 Å². The third-order valence-corrected chi connectivity index (χ3v) is 4.94. The summed E-state index contributed by atoms with van der Waals surface area (Å²) in [5.41, 5.74) is 7.55. The number of halogens is 1. The van der Waals surface area contributed by atoms with Gasteiger partial charge < -0.3 is 5.73 Å². The molecule has 3 unspecified atom stereocenters. The summed E-state index contributed by atoms with van der Waals surface area (Å²) in [6.07, 6.45) is 2.31. The van der Waals surface area contributed by atoms with Gasteiger partial charge in [-0.3, -0.25) is 4.90 Å². The van der Waals surface area contributed by atoms with E-state index >= 15 is 0 Å². The molecule has 0 saturated carbocycles. The van der Waals surface area contributed by atoms with Gasteiger partial charge in [0.15, 0.2) is 0 Å². The smallest absolute Gasteiger partial charge is 0.0346 e. The van der Waals surface area contributed by atoms with Crippen LogP contribution in [0, 0.1) is 5.92 Å². The van der Waals surface area contributed by atoms with Crippen molar-refractivity contribution in [2.45, 2.75) is 45.2 Å². The molecule has 19 heavy (non-hydrogen) atoms. The Kier molecular flexibility index (Phi) is 4.70. The molecule has 0 aliphatic carbocycles. The van der Waals surface area contributed by atoms with Crippen LogP contribution in [0.3, 0.4) is 0 Å². The zero-order chi connectivity index (χ0) is 14.0. The fourth-order valence-corrected chi connectivity index (χ4v) is 3.65. The average Bonchev–Trinajstić information content (AvgIpc) is 2.72. The summed E-state index contributed by atoms with van der Waals surface area (Å²) in [6, 6.07) is 9.26. The first-order valence-electron chi connectivity index (χ1n) is 7.16. The van der Waals surface area contributed by atoms with Crippen LogP contribution < -0.4 is 5.73 Å². The third-order valence-electron chi connectivity index (χ3n) is 4.42. The summed E-state index contributed by atoms with van der Waals surface area (Å²) in [4.78, 5) is 2.61. The molecule has 1 saturated heterocycles. The fourth-order valence-electron chi connectivity index (χ4n) is 3.39. The van der Waals surface area contributed by atoms with E-state index in [1.807, 2.05) is 0 Å². The predicted octanol–water partition coefficient (Wildman–Crippen LogP) is 3.44. The molecule has 2 N–H and O–H groups in total. The highest BCUT2D eigenvalue weighted by Gasteiger charge is 2.38. The minimum Gasteiger partial charge on any atom is -0.329 e. The molecule has 1 aromatic rings. The second-order valence-electron chi connectivity index (χ2n) is 6.35. The minimum absolute atomic E-state index is 0.0675. The van der Waals surface area contributed by atoms with Crippen LogP contribution >= 0.6 is 15.9 Å². The van der Waals surface area contributed by atoms with E-state index in [0.29, 0.717) is 12.6 Å². The molecule has 2 rings (SSSR count). The molecule has 1 aromatic carbocycles. The summed E-state index contributed by atoms with van der Waals surface area (Å²) in [5, 5.41) is 0. The Hall–Kier alpha value is -0.380. The normalized spacial score (nSPS) is 27.4. The van der Waals surface area contributed by atoms with E-state index in [9.17, 15) is 0 Å². The molecule has 3 heteroatoms. The van der Waals surface area contributed by atoms with E-state index in [2.05, 4.69) is 65.9 Å². The lowest BCUT2D eigenvalue weighted by Crippen LogP contribution is -2.54. The van der Waals surface area contributed by atoms with Gasteiger partial charge in [-0.25, -0.2) is 0 Å². The number of rotatable bonds is 4. The van der Waals surface area contributed by atoms with E-state index in [-0.39, 0.29) is 5.54 Å². The Bertz CT molecular complexity index is 417. The molecule has 1 fully saturated rings. The van der Waals surface area contributed by atoms with Crippen molar-refractivity contribution in [3.8, 4) is 0 Å². The van der Waals surface area contributed by atoms with Crippen LogP contribution in [-0.2, 0) is 6.42 Å². The molecular weight excluding hydrogens is 300 g/mol. The topological polar surface area (TPSA) is 29.3 Å². The predicted molar refractivity (Wildman–Crippen MR) is 85.3 cm³/mol. The SMILES string of the molecule is CC1CC(C)N(C(C)(CN)Cc2ccc(Br)cc2)C1. The number of nitrogens with zero attached hydrogens (tertiary/aromatic N) is 1. The molecule has 1 aliphatic rings. The molecule has 0 amide bonds. The van der Waals surface area contributed by atoms with Crippen LogP contribution in [0.4, 0.5) is 0 Å². The second kappa shape index (κ2) is 5.94. The number of nitrogens with two attached hydrogens (primary N) is 1. The maximum atomic E-state index is 6.12. The molecule has 106 valence electrons. The molecule has 3 atom stereocenters. The fraction of sp³-hybridized carbons (Fsp3) is 0.625. The van der Waals surface area contributed by atoms with E-state index in [1.165, 1.54) is 18.5 Å². The second-order valence-corrected chi connectivity index (χ2v) is 7.26. The lowest BCUT2D eigenvalue weighted by Gasteiger charge is -2.41. The van der Waals surface area contributed by atoms with Gasteiger partial charge in [-0.2, -0.15) is 0 Å². The quantitative estimate of drug-likeness (QED) is 0.919. The van der Waals surface area contributed by atoms with Crippen LogP contribution in [0.2, 0.25) is 0 Å². The van der Waals surface area contributed by atoms with E-state index in [1.54, 1.807) is 0 Å². The summed E-state index contributed by atoms with van der Waals surface area (Å²) in [7, 11) is 0. The van der Waals surface area contributed by atoms with Gasteiger partial charge in [-0.05, 0) is 50.3 Å². The summed E-state index contributed by atoms with van der Waals surface area (Å²) < 4.78 is 1.13. The van der Waals surface area contributed by atoms with Crippen molar-refractivity contribution in [1.29, 1.82) is 0 Å². The van der Waals surface area contributed by atoms with E-state index in [4.69, 9.17) is 5.73 Å². The van der Waals surface area contributed by atoms with Gasteiger partial charge in [0.25, 0.3) is 0 Å². The van der Waals surface area contributed by atoms with Gasteiger partial charge in [0.05, 0.1) is 0 Å². The van der Waals surface area contributed by atoms with Crippen LogP contribution in [-0.4, -0.2) is 29.6 Å². The average molecular weight is 325 g/mol. The van der Waals surface area contributed by atoms with Crippen molar-refractivity contribution in [3.63, 3.8) is 0 Å². The lowest BCUT2D eigenvalue weighted by molar-refractivity contribution is 0.101. The molecule has 1 aliphatic heterocycles. The summed E-state index contributed by atoms with van der Waals surface area (Å²) >= 11 is 3.49. The van der Waals surface area contributed by atoms with Crippen LogP contribution in [0.15, 0.2) is 28.7 Å². The van der Waals surface area contributed by atoms with Crippen molar-refractivity contribution in [3.05, 3.63) is 34.3 Å². The Labute approximate surface area is 125 Å². The number of benzene rings is 1. The molecular formula is C16H25BrN2. The highest BCUT2D eigenvalue weighted by molar-refractivity contribution is 9.10. The van der Waals surface area contributed by atoms with Gasteiger partial charge in [-0.15, -0.1) is 0 Å². The van der Waals surface area contributed by atoms with Gasteiger partial charge in [0.1, 0.15) is 0 Å². The molecule has 1 heterocycles. The van der Waals surface area contributed by atoms with Gasteiger partial charge in [0.2, 0.25) is 0 Å². The molecule has 0 spiro atoms. The van der Waals surface area contributed by atoms with Crippen molar-refractivity contribution in [2.24, 2.45) is 11.7 Å². The first-order valence-corrected chi connectivity index (χ1v) is 7.95. The van der Waals surface area contributed by atoms with Crippen molar-refractivity contribution in [2.75, 3.05) is 13.1 Å². The first-order chi connectivity index (χ1) is 8.94. The molecule has 0 aromatic heterocycles. The Morgan fingerprint density at radius 3 is 2.42 bits per heavy atom. The Balaban J connectivity index is 2.15. The van der Waals surface area contributed by atoms with Crippen molar-refractivity contribution >= 4 is 15.9 Å². The van der Waals surface area contributed by atoms with Gasteiger partial charge in [0, 0.05) is 29.1 Å². The van der Waals surface area contributed by atoms with Crippen molar-refractivity contribution < 1.29 is 0 Å². The monoisotopic (exact) mass is 324 g/mol. The van der Waals surface area contributed by atoms with Crippen molar-refractivity contribution in [1.82, 2.24) is 4.90 Å². The number of likely N-dealkylation sites (tertiary alicyclic amines) is 1. The molecule has 2 nitrogen and oxygen atoms in total. The Morgan fingerprint density at radius 2 is 1.95 bits per heavy atom. The maximum absolute atomic E-state index is 6.12. The van der Waals surface area contributed by atoms with E-state index < -0.39 is 0 Å². The van der Waals surface area contributed by atoms with Crippen LogP contribution in [0.5, 0.6) is 0 Å². The third kappa shape index (κ3) is 3.39. The zero-order valence-electron chi connectivity index (χ0n) is 12.2. The highest BCUT2D eigenvalue weighted by Crippen LogP contribution is 2.32. The summed E-state index contributed by atoms with van der Waals surface area (Å²) in [6.45, 7) is 8.86. The highest BCUT2D eigenvalue weighted by atomic mass is 79.9. The minimum atomic E-state index is 0.0675. The standard InChI is InChI=1S/C16H25BrN2/c1-12-8-13(2)19(10-12)16(3,11-18)9-14-4-6-15(17)7-5-14/h4-7,12-13H,8-11,18H2,1-3H3. The lowest BCUT2D eigenvalue weighted by atomic mass is 9.90. The number of hydrogen-bond acceptors (Lipinski definition) is 2. The van der Waals surface area contributed by atoms with Crippen LogP contribution in [0.25, 0.3) is 0 Å². The number of hydrogen-bond donors (Lipinski definition) is 1. The van der Waals surface area contributed by atoms with E-state index in [0.717, 1.165) is 16.8 Å². The largest absolute Gasteiger partial charge is 0.329 e. The Morgan fingerprint density at radius 1 is 1.32 bits per heavy atom. The zero-order valence-corrected chi connectivity index (χ0v) is 13.8. The van der Waals surface area contributed by atoms with Gasteiger partial charge >= 0.3 is 0 Å². The summed E-state index contributed by atoms with van der Waals surface area (Å²) in [5.74, 6) is 0.783. The maximum Gasteiger partial charge on any atom is 0.0346 e. The molecule has 0 bridgehead atoms.